The fourth-order valence-electron chi connectivity index (χ4n) is 3.62. The van der Waals surface area contributed by atoms with Crippen LogP contribution in [0.25, 0.3) is 21.7 Å². The van der Waals surface area contributed by atoms with E-state index in [4.69, 9.17) is 9.15 Å². The number of carbonyl (C=O) groups excluding carboxylic acids is 1. The van der Waals surface area contributed by atoms with Crippen LogP contribution in [-0.2, 0) is 21.4 Å². The molecule has 0 aliphatic heterocycles. The zero-order valence-corrected chi connectivity index (χ0v) is 18.4. The molecule has 0 aliphatic rings. The van der Waals surface area contributed by atoms with Gasteiger partial charge in [-0.2, -0.15) is 0 Å². The molecule has 0 bridgehead atoms. The molecule has 1 N–H and O–H groups in total. The molecule has 4 aromatic rings. The van der Waals surface area contributed by atoms with E-state index in [0.717, 1.165) is 10.8 Å². The maximum absolute atomic E-state index is 12.8. The van der Waals surface area contributed by atoms with Crippen LogP contribution in [0.15, 0.2) is 74.8 Å². The van der Waals surface area contributed by atoms with Crippen molar-refractivity contribution in [2.75, 3.05) is 6.54 Å². The summed E-state index contributed by atoms with van der Waals surface area (Å²) in [5.41, 5.74) is 1.08. The molecule has 4 rings (SSSR count). The van der Waals surface area contributed by atoms with Gasteiger partial charge in [-0.25, -0.2) is 22.7 Å². The topological polar surface area (TPSA) is 103 Å². The number of benzene rings is 3. The van der Waals surface area contributed by atoms with Gasteiger partial charge >= 0.3 is 11.6 Å². The third-order valence-electron chi connectivity index (χ3n) is 5.15. The zero-order valence-electron chi connectivity index (χ0n) is 17.5. The Balaban J connectivity index is 1.70. The Morgan fingerprint density at radius 1 is 1.06 bits per heavy atom. The Morgan fingerprint density at radius 3 is 2.62 bits per heavy atom. The third kappa shape index (κ3) is 4.15. The molecule has 0 amide bonds. The van der Waals surface area contributed by atoms with Crippen molar-refractivity contribution in [3.05, 3.63) is 87.8 Å². The van der Waals surface area contributed by atoms with Crippen molar-refractivity contribution in [1.82, 2.24) is 4.72 Å². The molecular formula is C24H21NO6S. The highest BCUT2D eigenvalue weighted by Crippen LogP contribution is 2.28. The number of rotatable bonds is 6. The highest BCUT2D eigenvalue weighted by Gasteiger charge is 2.19. The van der Waals surface area contributed by atoms with Crippen molar-refractivity contribution >= 4 is 37.7 Å². The molecule has 0 radical (unpaired) electrons. The SMILES string of the molecule is CCNS(=O)(=O)c1ccc(C)c(C(=O)OCc2cc(=O)oc3ccc4ccccc4c23)c1. The quantitative estimate of drug-likeness (QED) is 0.271. The van der Waals surface area contributed by atoms with E-state index in [2.05, 4.69) is 4.72 Å². The molecule has 1 aromatic heterocycles. The van der Waals surface area contributed by atoms with E-state index in [1.54, 1.807) is 26.0 Å². The largest absolute Gasteiger partial charge is 0.457 e. The molecule has 0 atom stereocenters. The number of hydrogen-bond donors (Lipinski definition) is 1. The van der Waals surface area contributed by atoms with E-state index in [0.29, 0.717) is 22.1 Å². The number of carbonyl (C=O) groups is 1. The van der Waals surface area contributed by atoms with Crippen molar-refractivity contribution in [2.45, 2.75) is 25.3 Å². The lowest BCUT2D eigenvalue weighted by Gasteiger charge is -2.12. The molecular weight excluding hydrogens is 430 g/mol. The van der Waals surface area contributed by atoms with Crippen molar-refractivity contribution in [2.24, 2.45) is 0 Å². The lowest BCUT2D eigenvalue weighted by atomic mass is 10.0. The Hall–Kier alpha value is -3.49. The van der Waals surface area contributed by atoms with Crippen LogP contribution in [0.4, 0.5) is 0 Å². The maximum Gasteiger partial charge on any atom is 0.338 e. The standard InChI is InChI=1S/C24H21NO6S/c1-3-25-32(28,29)18-10-8-15(2)20(13-18)24(27)30-14-17-12-22(26)31-21-11-9-16-6-4-5-7-19(16)23(17)21/h4-13,25H,3,14H2,1-2H3. The molecule has 0 saturated heterocycles. The second-order valence-electron chi connectivity index (χ2n) is 7.30. The summed E-state index contributed by atoms with van der Waals surface area (Å²) in [4.78, 5) is 24.8. The lowest BCUT2D eigenvalue weighted by molar-refractivity contribution is 0.0472. The van der Waals surface area contributed by atoms with E-state index in [1.807, 2.05) is 30.3 Å². The average Bonchev–Trinajstić information content (AvgIpc) is 2.77. The van der Waals surface area contributed by atoms with Crippen LogP contribution in [0.1, 0.15) is 28.4 Å². The minimum Gasteiger partial charge on any atom is -0.457 e. The molecule has 8 heteroatoms. The van der Waals surface area contributed by atoms with E-state index < -0.39 is 21.6 Å². The monoisotopic (exact) mass is 451 g/mol. The molecule has 0 aliphatic carbocycles. The van der Waals surface area contributed by atoms with Crippen LogP contribution in [0.2, 0.25) is 0 Å². The molecule has 32 heavy (non-hydrogen) atoms. The van der Waals surface area contributed by atoms with Crippen LogP contribution >= 0.6 is 0 Å². The molecule has 164 valence electrons. The summed E-state index contributed by atoms with van der Waals surface area (Å²) in [5.74, 6) is -0.683. The Morgan fingerprint density at radius 2 is 1.84 bits per heavy atom. The highest BCUT2D eigenvalue weighted by molar-refractivity contribution is 7.89. The van der Waals surface area contributed by atoms with Crippen molar-refractivity contribution < 1.29 is 22.4 Å². The smallest absolute Gasteiger partial charge is 0.338 e. The van der Waals surface area contributed by atoms with E-state index in [1.165, 1.54) is 18.2 Å². The maximum atomic E-state index is 12.8. The average molecular weight is 452 g/mol. The molecule has 3 aromatic carbocycles. The number of esters is 1. The summed E-state index contributed by atoms with van der Waals surface area (Å²) >= 11 is 0. The number of sulfonamides is 1. The van der Waals surface area contributed by atoms with Crippen LogP contribution in [-0.4, -0.2) is 20.9 Å². The fraction of sp³-hybridized carbons (Fsp3) is 0.167. The van der Waals surface area contributed by atoms with Gasteiger partial charge in [0.15, 0.2) is 0 Å². The summed E-state index contributed by atoms with van der Waals surface area (Å²) in [7, 11) is -3.72. The van der Waals surface area contributed by atoms with Gasteiger partial charge < -0.3 is 9.15 Å². The first-order valence-electron chi connectivity index (χ1n) is 10.0. The first kappa shape index (κ1) is 21.7. The van der Waals surface area contributed by atoms with Gasteiger partial charge in [-0.05, 0) is 41.5 Å². The summed E-state index contributed by atoms with van der Waals surface area (Å²) in [6, 6.07) is 16.8. The first-order valence-corrected chi connectivity index (χ1v) is 11.5. The molecule has 0 fully saturated rings. The molecule has 0 saturated carbocycles. The van der Waals surface area contributed by atoms with Gasteiger partial charge in [0.05, 0.1) is 10.5 Å². The zero-order chi connectivity index (χ0) is 22.9. The number of nitrogens with one attached hydrogen (secondary N) is 1. The van der Waals surface area contributed by atoms with Crippen LogP contribution in [0.5, 0.6) is 0 Å². The summed E-state index contributed by atoms with van der Waals surface area (Å²) in [6.45, 7) is 3.43. The minimum absolute atomic E-state index is 0.0197. The number of hydrogen-bond acceptors (Lipinski definition) is 6. The lowest BCUT2D eigenvalue weighted by Crippen LogP contribution is -2.23. The Bertz CT molecular complexity index is 1500. The second kappa shape index (κ2) is 8.57. The minimum atomic E-state index is -3.72. The van der Waals surface area contributed by atoms with E-state index in [-0.39, 0.29) is 23.6 Å². The van der Waals surface area contributed by atoms with E-state index >= 15 is 0 Å². The molecule has 7 nitrogen and oxygen atoms in total. The van der Waals surface area contributed by atoms with Gasteiger partial charge in [0.2, 0.25) is 10.0 Å². The molecule has 1 heterocycles. The number of fused-ring (bicyclic) bond motifs is 3. The number of ether oxygens (including phenoxy) is 1. The Kier molecular flexibility index (Phi) is 5.82. The summed E-state index contributed by atoms with van der Waals surface area (Å²) in [5, 5.41) is 2.52. The molecule has 0 unspecified atom stereocenters. The van der Waals surface area contributed by atoms with Gasteiger partial charge in [-0.15, -0.1) is 0 Å². The van der Waals surface area contributed by atoms with Crippen molar-refractivity contribution in [3.63, 3.8) is 0 Å². The number of aryl methyl sites for hydroxylation is 1. The van der Waals surface area contributed by atoms with Gasteiger partial charge in [0.1, 0.15) is 12.2 Å². The van der Waals surface area contributed by atoms with Gasteiger partial charge in [-0.1, -0.05) is 43.3 Å². The van der Waals surface area contributed by atoms with Crippen LogP contribution in [0, 0.1) is 6.92 Å². The van der Waals surface area contributed by atoms with Crippen LogP contribution in [0.3, 0.4) is 0 Å². The summed E-state index contributed by atoms with van der Waals surface area (Å²) in [6.07, 6.45) is 0. The first-order chi connectivity index (χ1) is 15.3. The van der Waals surface area contributed by atoms with Crippen molar-refractivity contribution in [1.29, 1.82) is 0 Å². The van der Waals surface area contributed by atoms with Gasteiger partial charge in [0.25, 0.3) is 0 Å². The predicted octanol–water partition coefficient (Wildman–Crippen LogP) is 3.91. The predicted molar refractivity (Wildman–Crippen MR) is 121 cm³/mol. The van der Waals surface area contributed by atoms with Crippen LogP contribution < -0.4 is 10.3 Å². The normalized spacial score (nSPS) is 11.7. The molecule has 0 spiro atoms. The van der Waals surface area contributed by atoms with Gasteiger partial charge in [-0.3, -0.25) is 0 Å². The second-order valence-corrected chi connectivity index (χ2v) is 9.07. The fourth-order valence-corrected chi connectivity index (χ4v) is 4.68. The van der Waals surface area contributed by atoms with E-state index in [9.17, 15) is 18.0 Å². The Labute approximate surface area is 184 Å². The van der Waals surface area contributed by atoms with Crippen molar-refractivity contribution in [3.8, 4) is 0 Å². The summed E-state index contributed by atoms with van der Waals surface area (Å²) < 4.78 is 37.8. The highest BCUT2D eigenvalue weighted by atomic mass is 32.2. The third-order valence-corrected chi connectivity index (χ3v) is 6.69. The van der Waals surface area contributed by atoms with Gasteiger partial charge in [0, 0.05) is 23.6 Å².